The van der Waals surface area contributed by atoms with Crippen molar-refractivity contribution in [2.75, 3.05) is 17.7 Å². The molecule has 1 heterocycles. The van der Waals surface area contributed by atoms with Crippen LogP contribution in [-0.2, 0) is 11.0 Å². The monoisotopic (exact) mass is 261 g/mol. The summed E-state index contributed by atoms with van der Waals surface area (Å²) in [7, 11) is 1.51. The third-order valence-corrected chi connectivity index (χ3v) is 3.66. The average Bonchev–Trinajstić information content (AvgIpc) is 2.39. The Kier molecular flexibility index (Phi) is 3.07. The molecule has 6 heteroatoms. The quantitative estimate of drug-likeness (QED) is 0.715. The van der Waals surface area contributed by atoms with E-state index in [1.165, 1.54) is 29.8 Å². The van der Waals surface area contributed by atoms with Gasteiger partial charge in [0, 0.05) is 24.1 Å². The molecule has 1 aliphatic rings. The van der Waals surface area contributed by atoms with Gasteiger partial charge >= 0.3 is 6.18 Å². The maximum Gasteiger partial charge on any atom is 0.416 e. The number of rotatable bonds is 0. The van der Waals surface area contributed by atoms with Crippen molar-refractivity contribution in [3.63, 3.8) is 0 Å². The van der Waals surface area contributed by atoms with E-state index < -0.39 is 11.7 Å². The van der Waals surface area contributed by atoms with Crippen molar-refractivity contribution in [3.05, 3.63) is 23.8 Å². The predicted molar refractivity (Wildman–Crippen MR) is 60.2 cm³/mol. The zero-order chi connectivity index (χ0) is 12.6. The van der Waals surface area contributed by atoms with Gasteiger partial charge in [-0.15, -0.1) is 11.8 Å². The van der Waals surface area contributed by atoms with E-state index in [4.69, 9.17) is 0 Å². The molecule has 1 amide bonds. The summed E-state index contributed by atoms with van der Waals surface area (Å²) in [5.41, 5.74) is -0.384. The van der Waals surface area contributed by atoms with Crippen LogP contribution in [0.25, 0.3) is 0 Å². The molecule has 92 valence electrons. The molecule has 0 aromatic heterocycles. The van der Waals surface area contributed by atoms with Crippen LogP contribution >= 0.6 is 11.8 Å². The van der Waals surface area contributed by atoms with Crippen LogP contribution in [-0.4, -0.2) is 18.7 Å². The van der Waals surface area contributed by atoms with Gasteiger partial charge < -0.3 is 4.90 Å². The number of anilines is 1. The highest BCUT2D eigenvalue weighted by atomic mass is 32.2. The molecule has 17 heavy (non-hydrogen) atoms. The Labute approximate surface area is 101 Å². The van der Waals surface area contributed by atoms with Crippen molar-refractivity contribution in [2.24, 2.45) is 0 Å². The van der Waals surface area contributed by atoms with Crippen LogP contribution in [0.2, 0.25) is 0 Å². The highest BCUT2D eigenvalue weighted by molar-refractivity contribution is 7.99. The molecule has 2 rings (SSSR count). The largest absolute Gasteiger partial charge is 0.416 e. The van der Waals surface area contributed by atoms with Gasteiger partial charge in [0.1, 0.15) is 0 Å². The molecular weight excluding hydrogens is 251 g/mol. The highest BCUT2D eigenvalue weighted by Crippen LogP contribution is 2.38. The van der Waals surface area contributed by atoms with Crippen molar-refractivity contribution in [3.8, 4) is 0 Å². The number of amides is 1. The first-order valence-electron chi connectivity index (χ1n) is 5.00. The van der Waals surface area contributed by atoms with Crippen molar-refractivity contribution in [1.29, 1.82) is 0 Å². The van der Waals surface area contributed by atoms with E-state index in [1.807, 2.05) is 0 Å². The number of nitrogens with zero attached hydrogens (tertiary/aromatic N) is 1. The summed E-state index contributed by atoms with van der Waals surface area (Å²) in [6.07, 6.45) is -4.03. The summed E-state index contributed by atoms with van der Waals surface area (Å²) < 4.78 is 37.7. The Morgan fingerprint density at radius 3 is 2.71 bits per heavy atom. The smallest absolute Gasteiger partial charge is 0.314 e. The molecule has 0 unspecified atom stereocenters. The summed E-state index contributed by atoms with van der Waals surface area (Å²) in [4.78, 5) is 13.6. The maximum absolute atomic E-state index is 12.6. The Balaban J connectivity index is 2.49. The lowest BCUT2D eigenvalue weighted by atomic mass is 10.2. The standard InChI is InChI=1S/C11H10F3NOS/c1-15-8-6-7(11(12,13)14)2-3-9(8)17-5-4-10(15)16/h2-3,6H,4-5H2,1H3. The topological polar surface area (TPSA) is 20.3 Å². The van der Waals surface area contributed by atoms with Gasteiger partial charge in [-0.05, 0) is 18.2 Å². The number of hydrogen-bond donors (Lipinski definition) is 0. The molecule has 0 atom stereocenters. The van der Waals surface area contributed by atoms with Crippen LogP contribution in [0.3, 0.4) is 0 Å². The van der Waals surface area contributed by atoms with Gasteiger partial charge in [-0.25, -0.2) is 0 Å². The number of carbonyl (C=O) groups is 1. The fraction of sp³-hybridized carbons (Fsp3) is 0.364. The third kappa shape index (κ3) is 2.41. The molecule has 0 saturated carbocycles. The van der Waals surface area contributed by atoms with Crippen LogP contribution in [0.15, 0.2) is 23.1 Å². The van der Waals surface area contributed by atoms with Crippen molar-refractivity contribution < 1.29 is 18.0 Å². The summed E-state index contributed by atoms with van der Waals surface area (Å²) in [5.74, 6) is 0.442. The first kappa shape index (κ1) is 12.3. The van der Waals surface area contributed by atoms with E-state index in [0.29, 0.717) is 22.8 Å². The lowest BCUT2D eigenvalue weighted by molar-refractivity contribution is -0.137. The summed E-state index contributed by atoms with van der Waals surface area (Å²) in [5, 5.41) is 0. The molecule has 0 aliphatic carbocycles. The van der Waals surface area contributed by atoms with E-state index in [0.717, 1.165) is 12.1 Å². The zero-order valence-electron chi connectivity index (χ0n) is 9.04. The molecule has 1 aliphatic heterocycles. The zero-order valence-corrected chi connectivity index (χ0v) is 9.86. The van der Waals surface area contributed by atoms with Crippen LogP contribution in [0.5, 0.6) is 0 Å². The second kappa shape index (κ2) is 4.25. The Morgan fingerprint density at radius 2 is 2.06 bits per heavy atom. The van der Waals surface area contributed by atoms with E-state index in [2.05, 4.69) is 0 Å². The van der Waals surface area contributed by atoms with Crippen LogP contribution < -0.4 is 4.90 Å². The molecule has 2 nitrogen and oxygen atoms in total. The summed E-state index contributed by atoms with van der Waals surface area (Å²) in [6.45, 7) is 0. The van der Waals surface area contributed by atoms with Gasteiger partial charge in [0.2, 0.25) is 5.91 Å². The number of hydrogen-bond acceptors (Lipinski definition) is 2. The fourth-order valence-electron chi connectivity index (χ4n) is 1.63. The normalized spacial score (nSPS) is 16.7. The third-order valence-electron chi connectivity index (χ3n) is 2.60. The number of fused-ring (bicyclic) bond motifs is 1. The SMILES string of the molecule is CN1C(=O)CCSc2ccc(C(F)(F)F)cc21. The minimum absolute atomic E-state index is 0.157. The van der Waals surface area contributed by atoms with Gasteiger partial charge in [0.15, 0.2) is 0 Å². The second-order valence-corrected chi connectivity index (χ2v) is 4.87. The van der Waals surface area contributed by atoms with Crippen molar-refractivity contribution >= 4 is 23.4 Å². The number of alkyl halides is 3. The van der Waals surface area contributed by atoms with Crippen LogP contribution in [0, 0.1) is 0 Å². The second-order valence-electron chi connectivity index (χ2n) is 3.73. The summed E-state index contributed by atoms with van der Waals surface area (Å²) >= 11 is 1.41. The minimum Gasteiger partial charge on any atom is -0.314 e. The Bertz CT molecular complexity index is 459. The van der Waals surface area contributed by atoms with Gasteiger partial charge in [-0.3, -0.25) is 4.79 Å². The molecule has 0 saturated heterocycles. The minimum atomic E-state index is -4.38. The Morgan fingerprint density at radius 1 is 1.35 bits per heavy atom. The number of benzene rings is 1. The van der Waals surface area contributed by atoms with Crippen LogP contribution in [0.1, 0.15) is 12.0 Å². The fourth-order valence-corrected chi connectivity index (χ4v) is 2.63. The summed E-state index contributed by atoms with van der Waals surface area (Å²) in [6, 6.07) is 3.51. The number of carbonyl (C=O) groups excluding carboxylic acids is 1. The lowest BCUT2D eigenvalue weighted by Gasteiger charge is -2.18. The van der Waals surface area contributed by atoms with Gasteiger partial charge in [-0.1, -0.05) is 0 Å². The molecule has 0 radical (unpaired) electrons. The first-order valence-corrected chi connectivity index (χ1v) is 5.99. The first-order chi connectivity index (χ1) is 7.89. The van der Waals surface area contributed by atoms with E-state index >= 15 is 0 Å². The molecular formula is C11H10F3NOS. The molecule has 0 fully saturated rings. The van der Waals surface area contributed by atoms with Gasteiger partial charge in [-0.2, -0.15) is 13.2 Å². The predicted octanol–water partition coefficient (Wildman–Crippen LogP) is 3.16. The van der Waals surface area contributed by atoms with E-state index in [1.54, 1.807) is 0 Å². The molecule has 1 aromatic carbocycles. The van der Waals surface area contributed by atoms with Crippen molar-refractivity contribution in [2.45, 2.75) is 17.5 Å². The molecule has 1 aromatic rings. The average molecular weight is 261 g/mol. The number of halogens is 3. The van der Waals surface area contributed by atoms with E-state index in [9.17, 15) is 18.0 Å². The van der Waals surface area contributed by atoms with Crippen molar-refractivity contribution in [1.82, 2.24) is 0 Å². The van der Waals surface area contributed by atoms with E-state index in [-0.39, 0.29) is 5.91 Å². The number of thioether (sulfide) groups is 1. The van der Waals surface area contributed by atoms with Crippen LogP contribution in [0.4, 0.5) is 18.9 Å². The maximum atomic E-state index is 12.6. The Hall–Kier alpha value is -1.17. The molecule has 0 spiro atoms. The lowest BCUT2D eigenvalue weighted by Crippen LogP contribution is -2.25. The molecule has 0 N–H and O–H groups in total. The molecule has 0 bridgehead atoms. The van der Waals surface area contributed by atoms with Gasteiger partial charge in [0.05, 0.1) is 11.3 Å². The highest BCUT2D eigenvalue weighted by Gasteiger charge is 2.32. The van der Waals surface area contributed by atoms with Gasteiger partial charge in [0.25, 0.3) is 0 Å².